The first kappa shape index (κ1) is 13.7. The SMILES string of the molecule is CC(C)CCCC(C)Nc1ncncc1I. The number of halogens is 1. The number of rotatable bonds is 6. The molecule has 0 radical (unpaired) electrons. The third-order valence-corrected chi connectivity index (χ3v) is 3.26. The molecule has 1 rings (SSSR count). The summed E-state index contributed by atoms with van der Waals surface area (Å²) in [7, 11) is 0. The molecule has 1 N–H and O–H groups in total. The van der Waals surface area contributed by atoms with Crippen LogP contribution in [0.2, 0.25) is 0 Å². The van der Waals surface area contributed by atoms with Crippen molar-refractivity contribution < 1.29 is 0 Å². The van der Waals surface area contributed by atoms with Crippen LogP contribution in [0.15, 0.2) is 12.5 Å². The summed E-state index contributed by atoms with van der Waals surface area (Å²) in [5.74, 6) is 1.75. The van der Waals surface area contributed by atoms with Gasteiger partial charge in [-0.3, -0.25) is 0 Å². The van der Waals surface area contributed by atoms with E-state index in [2.05, 4.69) is 58.6 Å². The average Bonchev–Trinajstić information content (AvgIpc) is 2.21. The van der Waals surface area contributed by atoms with Crippen LogP contribution in [-0.4, -0.2) is 16.0 Å². The molecule has 4 heteroatoms. The molecular weight excluding hydrogens is 313 g/mol. The average molecular weight is 333 g/mol. The first-order valence-corrected chi connectivity index (χ1v) is 6.89. The first-order chi connectivity index (χ1) is 7.59. The van der Waals surface area contributed by atoms with Crippen molar-refractivity contribution in [3.05, 3.63) is 16.1 Å². The Morgan fingerprint density at radius 1 is 1.31 bits per heavy atom. The standard InChI is InChI=1S/C12H20IN3/c1-9(2)5-4-6-10(3)16-12-11(13)7-14-8-15-12/h7-10H,4-6H2,1-3H3,(H,14,15,16). The predicted molar refractivity (Wildman–Crippen MR) is 76.5 cm³/mol. The molecule has 3 nitrogen and oxygen atoms in total. The van der Waals surface area contributed by atoms with E-state index in [-0.39, 0.29) is 0 Å². The normalized spacial score (nSPS) is 12.8. The molecule has 0 aliphatic heterocycles. The van der Waals surface area contributed by atoms with Gasteiger partial charge in [-0.25, -0.2) is 9.97 Å². The van der Waals surface area contributed by atoms with Crippen molar-refractivity contribution in [2.75, 3.05) is 5.32 Å². The van der Waals surface area contributed by atoms with E-state index >= 15 is 0 Å². The van der Waals surface area contributed by atoms with Crippen molar-refractivity contribution in [3.8, 4) is 0 Å². The number of hydrogen-bond donors (Lipinski definition) is 1. The molecule has 0 fully saturated rings. The van der Waals surface area contributed by atoms with Crippen LogP contribution in [0.1, 0.15) is 40.0 Å². The van der Waals surface area contributed by atoms with Gasteiger partial charge in [0.05, 0.1) is 3.57 Å². The van der Waals surface area contributed by atoms with Crippen LogP contribution in [0, 0.1) is 9.49 Å². The Morgan fingerprint density at radius 3 is 2.69 bits per heavy atom. The molecule has 90 valence electrons. The molecule has 0 aliphatic carbocycles. The second-order valence-corrected chi connectivity index (χ2v) is 5.75. The number of nitrogens with zero attached hydrogens (tertiary/aromatic N) is 2. The Balaban J connectivity index is 2.34. The summed E-state index contributed by atoms with van der Waals surface area (Å²) in [4.78, 5) is 8.21. The fraction of sp³-hybridized carbons (Fsp3) is 0.667. The molecule has 1 aromatic heterocycles. The second-order valence-electron chi connectivity index (χ2n) is 4.59. The lowest BCUT2D eigenvalue weighted by Gasteiger charge is -2.15. The topological polar surface area (TPSA) is 37.8 Å². The van der Waals surface area contributed by atoms with Crippen molar-refractivity contribution in [2.24, 2.45) is 5.92 Å². The molecule has 0 saturated carbocycles. The minimum Gasteiger partial charge on any atom is -0.367 e. The lowest BCUT2D eigenvalue weighted by Crippen LogP contribution is -2.17. The van der Waals surface area contributed by atoms with Gasteiger partial charge in [0.1, 0.15) is 12.1 Å². The molecule has 0 aliphatic rings. The van der Waals surface area contributed by atoms with E-state index in [1.54, 1.807) is 6.33 Å². The smallest absolute Gasteiger partial charge is 0.143 e. The van der Waals surface area contributed by atoms with Gasteiger partial charge in [0, 0.05) is 12.2 Å². The van der Waals surface area contributed by atoms with Gasteiger partial charge in [-0.2, -0.15) is 0 Å². The highest BCUT2D eigenvalue weighted by Crippen LogP contribution is 2.16. The van der Waals surface area contributed by atoms with Crippen LogP contribution in [-0.2, 0) is 0 Å². The van der Waals surface area contributed by atoms with E-state index in [0.717, 1.165) is 15.3 Å². The van der Waals surface area contributed by atoms with Crippen LogP contribution in [0.5, 0.6) is 0 Å². The van der Waals surface area contributed by atoms with E-state index in [1.165, 1.54) is 19.3 Å². The Hall–Kier alpha value is -0.390. The third-order valence-electron chi connectivity index (χ3n) is 2.47. The Morgan fingerprint density at radius 2 is 2.06 bits per heavy atom. The van der Waals surface area contributed by atoms with E-state index < -0.39 is 0 Å². The molecule has 1 atom stereocenters. The zero-order valence-electron chi connectivity index (χ0n) is 10.2. The van der Waals surface area contributed by atoms with E-state index in [1.807, 2.05) is 6.20 Å². The zero-order chi connectivity index (χ0) is 12.0. The molecule has 1 unspecified atom stereocenters. The Labute approximate surface area is 112 Å². The number of hydrogen-bond acceptors (Lipinski definition) is 3. The van der Waals surface area contributed by atoms with E-state index in [9.17, 15) is 0 Å². The number of anilines is 1. The van der Waals surface area contributed by atoms with Crippen LogP contribution in [0.25, 0.3) is 0 Å². The molecule has 0 aromatic carbocycles. The fourth-order valence-corrected chi connectivity index (χ4v) is 2.01. The summed E-state index contributed by atoms with van der Waals surface area (Å²) in [5.41, 5.74) is 0. The largest absolute Gasteiger partial charge is 0.367 e. The zero-order valence-corrected chi connectivity index (χ0v) is 12.4. The highest BCUT2D eigenvalue weighted by Gasteiger charge is 2.06. The molecule has 1 aromatic rings. The van der Waals surface area contributed by atoms with Crippen molar-refractivity contribution in [2.45, 2.75) is 46.1 Å². The van der Waals surface area contributed by atoms with Gasteiger partial charge in [-0.1, -0.05) is 26.7 Å². The van der Waals surface area contributed by atoms with Gasteiger partial charge in [0.2, 0.25) is 0 Å². The maximum atomic E-state index is 4.23. The van der Waals surface area contributed by atoms with E-state index in [0.29, 0.717) is 6.04 Å². The van der Waals surface area contributed by atoms with Gasteiger partial charge in [0.25, 0.3) is 0 Å². The highest BCUT2D eigenvalue weighted by atomic mass is 127. The van der Waals surface area contributed by atoms with Crippen LogP contribution < -0.4 is 5.32 Å². The molecular formula is C12H20IN3. The lowest BCUT2D eigenvalue weighted by molar-refractivity contribution is 0.520. The number of aromatic nitrogens is 2. The third kappa shape index (κ3) is 5.09. The summed E-state index contributed by atoms with van der Waals surface area (Å²) in [6, 6.07) is 0.474. The van der Waals surface area contributed by atoms with Gasteiger partial charge < -0.3 is 5.32 Å². The molecule has 0 bridgehead atoms. The van der Waals surface area contributed by atoms with Crippen molar-refractivity contribution in [3.63, 3.8) is 0 Å². The van der Waals surface area contributed by atoms with Crippen molar-refractivity contribution in [1.82, 2.24) is 9.97 Å². The molecule has 0 spiro atoms. The minimum atomic E-state index is 0.474. The first-order valence-electron chi connectivity index (χ1n) is 5.81. The molecule has 1 heterocycles. The van der Waals surface area contributed by atoms with Crippen molar-refractivity contribution >= 4 is 28.4 Å². The van der Waals surface area contributed by atoms with Gasteiger partial charge in [-0.15, -0.1) is 0 Å². The molecule has 0 amide bonds. The monoisotopic (exact) mass is 333 g/mol. The Bertz CT molecular complexity index is 315. The minimum absolute atomic E-state index is 0.474. The van der Waals surface area contributed by atoms with Crippen LogP contribution in [0.4, 0.5) is 5.82 Å². The number of nitrogens with one attached hydrogen (secondary N) is 1. The van der Waals surface area contributed by atoms with Gasteiger partial charge >= 0.3 is 0 Å². The van der Waals surface area contributed by atoms with Crippen molar-refractivity contribution in [1.29, 1.82) is 0 Å². The van der Waals surface area contributed by atoms with E-state index in [4.69, 9.17) is 0 Å². The summed E-state index contributed by atoms with van der Waals surface area (Å²) in [5, 5.41) is 3.43. The summed E-state index contributed by atoms with van der Waals surface area (Å²) < 4.78 is 1.08. The maximum Gasteiger partial charge on any atom is 0.143 e. The predicted octanol–water partition coefficient (Wildman–Crippen LogP) is 3.71. The quantitative estimate of drug-likeness (QED) is 0.807. The Kier molecular flexibility index (Phi) is 6.01. The molecule has 0 saturated heterocycles. The lowest BCUT2D eigenvalue weighted by atomic mass is 10.0. The van der Waals surface area contributed by atoms with Gasteiger partial charge in [-0.05, 0) is 41.9 Å². The van der Waals surface area contributed by atoms with Crippen LogP contribution >= 0.6 is 22.6 Å². The van der Waals surface area contributed by atoms with Crippen LogP contribution in [0.3, 0.4) is 0 Å². The highest BCUT2D eigenvalue weighted by molar-refractivity contribution is 14.1. The summed E-state index contributed by atoms with van der Waals surface area (Å²) >= 11 is 2.25. The fourth-order valence-electron chi connectivity index (χ4n) is 1.56. The molecule has 16 heavy (non-hydrogen) atoms. The maximum absolute atomic E-state index is 4.23. The second kappa shape index (κ2) is 7.04. The summed E-state index contributed by atoms with van der Waals surface area (Å²) in [6.07, 6.45) is 7.18. The van der Waals surface area contributed by atoms with Gasteiger partial charge in [0.15, 0.2) is 0 Å². The summed E-state index contributed by atoms with van der Waals surface area (Å²) in [6.45, 7) is 6.75.